The molecule has 1 aromatic rings. The lowest BCUT2D eigenvalue weighted by atomic mass is 10.1. The summed E-state index contributed by atoms with van der Waals surface area (Å²) in [5.74, 6) is 0.945. The SMILES string of the molecule is COc1ccc(I)c2c1[C@H](N)CC2. The van der Waals surface area contributed by atoms with E-state index in [1.165, 1.54) is 14.7 Å². The maximum Gasteiger partial charge on any atom is 0.123 e. The summed E-state index contributed by atoms with van der Waals surface area (Å²) in [6.45, 7) is 0. The maximum atomic E-state index is 6.01. The molecule has 13 heavy (non-hydrogen) atoms. The summed E-state index contributed by atoms with van der Waals surface area (Å²) >= 11 is 2.36. The molecule has 0 unspecified atom stereocenters. The van der Waals surface area contributed by atoms with E-state index in [1.807, 2.05) is 6.07 Å². The van der Waals surface area contributed by atoms with Gasteiger partial charge in [-0.05, 0) is 53.1 Å². The molecular weight excluding hydrogens is 277 g/mol. The summed E-state index contributed by atoms with van der Waals surface area (Å²) in [5.41, 5.74) is 8.61. The van der Waals surface area contributed by atoms with Crippen molar-refractivity contribution in [3.63, 3.8) is 0 Å². The van der Waals surface area contributed by atoms with Crippen LogP contribution in [0.15, 0.2) is 12.1 Å². The van der Waals surface area contributed by atoms with Crippen LogP contribution in [0.1, 0.15) is 23.6 Å². The van der Waals surface area contributed by atoms with E-state index >= 15 is 0 Å². The third kappa shape index (κ3) is 1.44. The molecule has 0 spiro atoms. The molecule has 0 fully saturated rings. The van der Waals surface area contributed by atoms with Crippen LogP contribution in [0.4, 0.5) is 0 Å². The van der Waals surface area contributed by atoms with Crippen LogP contribution >= 0.6 is 22.6 Å². The lowest BCUT2D eigenvalue weighted by molar-refractivity contribution is 0.407. The number of ether oxygens (including phenoxy) is 1. The lowest BCUT2D eigenvalue weighted by Gasteiger charge is -2.11. The molecule has 0 saturated carbocycles. The molecule has 0 amide bonds. The van der Waals surface area contributed by atoms with Gasteiger partial charge in [-0.15, -0.1) is 0 Å². The Bertz CT molecular complexity index is 338. The van der Waals surface area contributed by atoms with Gasteiger partial charge in [0.1, 0.15) is 5.75 Å². The molecule has 3 heteroatoms. The molecule has 0 saturated heterocycles. The maximum absolute atomic E-state index is 6.01. The monoisotopic (exact) mass is 289 g/mol. The van der Waals surface area contributed by atoms with Gasteiger partial charge < -0.3 is 10.5 Å². The molecule has 0 aromatic heterocycles. The van der Waals surface area contributed by atoms with Crippen LogP contribution in [0.3, 0.4) is 0 Å². The van der Waals surface area contributed by atoms with Crippen molar-refractivity contribution in [2.75, 3.05) is 7.11 Å². The van der Waals surface area contributed by atoms with Crippen molar-refractivity contribution >= 4 is 22.6 Å². The molecule has 70 valence electrons. The predicted molar refractivity (Wildman–Crippen MR) is 61.0 cm³/mol. The summed E-state index contributed by atoms with van der Waals surface area (Å²) in [7, 11) is 1.70. The van der Waals surface area contributed by atoms with Gasteiger partial charge >= 0.3 is 0 Å². The fourth-order valence-corrected chi connectivity index (χ4v) is 2.64. The highest BCUT2D eigenvalue weighted by molar-refractivity contribution is 14.1. The van der Waals surface area contributed by atoms with Crippen LogP contribution in [-0.4, -0.2) is 7.11 Å². The smallest absolute Gasteiger partial charge is 0.123 e. The van der Waals surface area contributed by atoms with Crippen LogP contribution in [0, 0.1) is 3.57 Å². The van der Waals surface area contributed by atoms with Crippen LogP contribution in [-0.2, 0) is 6.42 Å². The summed E-state index contributed by atoms with van der Waals surface area (Å²) in [5, 5.41) is 0. The Labute approximate surface area is 91.6 Å². The zero-order valence-corrected chi connectivity index (χ0v) is 9.67. The molecule has 1 aliphatic carbocycles. The number of nitrogens with two attached hydrogens (primary N) is 1. The Hall–Kier alpha value is -0.290. The van der Waals surface area contributed by atoms with E-state index in [0.717, 1.165) is 18.6 Å². The molecule has 1 atom stereocenters. The van der Waals surface area contributed by atoms with Crippen LogP contribution in [0.5, 0.6) is 5.75 Å². The lowest BCUT2D eigenvalue weighted by Crippen LogP contribution is -2.07. The van der Waals surface area contributed by atoms with Gasteiger partial charge in [0.25, 0.3) is 0 Å². The summed E-state index contributed by atoms with van der Waals surface area (Å²) in [6, 6.07) is 4.27. The van der Waals surface area contributed by atoms with Crippen molar-refractivity contribution in [1.29, 1.82) is 0 Å². The van der Waals surface area contributed by atoms with Crippen molar-refractivity contribution in [3.05, 3.63) is 26.8 Å². The Morgan fingerprint density at radius 2 is 2.31 bits per heavy atom. The fourth-order valence-electron chi connectivity index (χ4n) is 1.90. The molecule has 0 radical (unpaired) electrons. The third-order valence-corrected chi connectivity index (χ3v) is 3.57. The quantitative estimate of drug-likeness (QED) is 0.805. The molecule has 0 aliphatic heterocycles. The number of fused-ring (bicyclic) bond motifs is 1. The average molecular weight is 289 g/mol. The van der Waals surface area contributed by atoms with Gasteiger partial charge in [-0.1, -0.05) is 0 Å². The number of benzene rings is 1. The third-order valence-electron chi connectivity index (χ3n) is 2.56. The first-order valence-electron chi connectivity index (χ1n) is 4.35. The molecule has 2 N–H and O–H groups in total. The van der Waals surface area contributed by atoms with E-state index in [9.17, 15) is 0 Å². The van der Waals surface area contributed by atoms with Gasteiger partial charge in [0, 0.05) is 15.2 Å². The number of halogens is 1. The van der Waals surface area contributed by atoms with Crippen molar-refractivity contribution in [2.45, 2.75) is 18.9 Å². The number of rotatable bonds is 1. The van der Waals surface area contributed by atoms with Crippen LogP contribution in [0.2, 0.25) is 0 Å². The van der Waals surface area contributed by atoms with E-state index in [0.29, 0.717) is 0 Å². The first-order valence-corrected chi connectivity index (χ1v) is 5.42. The minimum absolute atomic E-state index is 0.166. The second-order valence-corrected chi connectivity index (χ2v) is 4.45. The molecule has 0 bridgehead atoms. The topological polar surface area (TPSA) is 35.2 Å². The van der Waals surface area contributed by atoms with Gasteiger partial charge in [0.05, 0.1) is 7.11 Å². The highest BCUT2D eigenvalue weighted by Crippen LogP contribution is 2.38. The van der Waals surface area contributed by atoms with E-state index in [-0.39, 0.29) is 6.04 Å². The van der Waals surface area contributed by atoms with Crippen molar-refractivity contribution in [3.8, 4) is 5.75 Å². The number of hydrogen-bond acceptors (Lipinski definition) is 2. The van der Waals surface area contributed by atoms with Crippen molar-refractivity contribution in [2.24, 2.45) is 5.73 Å². The Kier molecular flexibility index (Phi) is 2.47. The van der Waals surface area contributed by atoms with Crippen LogP contribution in [0.25, 0.3) is 0 Å². The zero-order chi connectivity index (χ0) is 9.42. The minimum Gasteiger partial charge on any atom is -0.496 e. The standard InChI is InChI=1S/C10H12INO/c1-13-9-5-3-7(11)6-2-4-8(12)10(6)9/h3,5,8H,2,4,12H2,1H3/t8-/m1/s1. The summed E-state index contributed by atoms with van der Waals surface area (Å²) < 4.78 is 6.61. The summed E-state index contributed by atoms with van der Waals surface area (Å²) in [6.07, 6.45) is 2.14. The van der Waals surface area contributed by atoms with E-state index in [2.05, 4.69) is 28.7 Å². The zero-order valence-electron chi connectivity index (χ0n) is 7.51. The highest BCUT2D eigenvalue weighted by Gasteiger charge is 2.24. The van der Waals surface area contributed by atoms with Crippen molar-refractivity contribution < 1.29 is 4.74 Å². The van der Waals surface area contributed by atoms with E-state index in [1.54, 1.807) is 7.11 Å². The van der Waals surface area contributed by atoms with Crippen LogP contribution < -0.4 is 10.5 Å². The Balaban J connectivity index is 2.60. The average Bonchev–Trinajstić information content (AvgIpc) is 2.51. The molecular formula is C10H12INO. The first-order chi connectivity index (χ1) is 6.24. The number of hydrogen-bond donors (Lipinski definition) is 1. The highest BCUT2D eigenvalue weighted by atomic mass is 127. The molecule has 1 aromatic carbocycles. The normalized spacial score (nSPS) is 20.1. The molecule has 2 nitrogen and oxygen atoms in total. The van der Waals surface area contributed by atoms with Crippen molar-refractivity contribution in [1.82, 2.24) is 0 Å². The largest absolute Gasteiger partial charge is 0.496 e. The molecule has 0 heterocycles. The minimum atomic E-state index is 0.166. The second kappa shape index (κ2) is 3.46. The van der Waals surface area contributed by atoms with Gasteiger partial charge in [0.15, 0.2) is 0 Å². The van der Waals surface area contributed by atoms with Gasteiger partial charge in [-0.2, -0.15) is 0 Å². The predicted octanol–water partition coefficient (Wildman–Crippen LogP) is 2.25. The second-order valence-electron chi connectivity index (χ2n) is 3.29. The molecule has 1 aliphatic rings. The number of methoxy groups -OCH3 is 1. The fraction of sp³-hybridized carbons (Fsp3) is 0.400. The Morgan fingerprint density at radius 3 is 3.00 bits per heavy atom. The molecule has 2 rings (SSSR count). The van der Waals surface area contributed by atoms with E-state index in [4.69, 9.17) is 10.5 Å². The van der Waals surface area contributed by atoms with Gasteiger partial charge in [0.2, 0.25) is 0 Å². The van der Waals surface area contributed by atoms with E-state index < -0.39 is 0 Å². The first kappa shape index (κ1) is 9.27. The van der Waals surface area contributed by atoms with Gasteiger partial charge in [-0.25, -0.2) is 0 Å². The summed E-state index contributed by atoms with van der Waals surface area (Å²) in [4.78, 5) is 0. The Morgan fingerprint density at radius 1 is 1.54 bits per heavy atom. The van der Waals surface area contributed by atoms with Gasteiger partial charge in [-0.3, -0.25) is 0 Å².